The van der Waals surface area contributed by atoms with Crippen LogP contribution >= 0.6 is 0 Å². The number of aliphatic hydroxyl groups is 1. The molecule has 0 aromatic rings. The number of nitrogens with one attached hydrogen (secondary N) is 1. The summed E-state index contributed by atoms with van der Waals surface area (Å²) in [5.41, 5.74) is -2.32. The zero-order valence-corrected chi connectivity index (χ0v) is 11.3. The van der Waals surface area contributed by atoms with Gasteiger partial charge in [0.2, 0.25) is 5.91 Å². The Morgan fingerprint density at radius 3 is 2.26 bits per heavy atom. The van der Waals surface area contributed by atoms with Gasteiger partial charge in [0, 0.05) is 6.54 Å². The van der Waals surface area contributed by atoms with E-state index in [4.69, 9.17) is 9.84 Å². The van der Waals surface area contributed by atoms with Gasteiger partial charge in [0.15, 0.2) is 5.60 Å². The molecule has 1 amide bonds. The van der Waals surface area contributed by atoms with Gasteiger partial charge in [0.25, 0.3) is 0 Å². The average Bonchev–Trinajstić information content (AvgIpc) is 2.32. The molecule has 7 nitrogen and oxygen atoms in total. The number of carboxylic acids is 1. The molecule has 0 aromatic carbocycles. The summed E-state index contributed by atoms with van der Waals surface area (Å²) in [6, 6.07) is 0. The van der Waals surface area contributed by atoms with Crippen molar-refractivity contribution in [2.24, 2.45) is 0 Å². The van der Waals surface area contributed by atoms with E-state index in [1.807, 2.05) is 6.92 Å². The van der Waals surface area contributed by atoms with Crippen LogP contribution in [0.1, 0.15) is 39.5 Å². The lowest BCUT2D eigenvalue weighted by atomic mass is 9.95. The molecule has 0 saturated carbocycles. The van der Waals surface area contributed by atoms with E-state index < -0.39 is 36.3 Å². The zero-order valence-electron chi connectivity index (χ0n) is 11.3. The summed E-state index contributed by atoms with van der Waals surface area (Å²) < 4.78 is 4.73. The van der Waals surface area contributed by atoms with Crippen LogP contribution < -0.4 is 5.32 Å². The molecule has 0 heterocycles. The maximum absolute atomic E-state index is 11.7. The summed E-state index contributed by atoms with van der Waals surface area (Å²) in [6.07, 6.45) is -0.253. The lowest BCUT2D eigenvalue weighted by molar-refractivity contribution is -0.173. The summed E-state index contributed by atoms with van der Waals surface area (Å²) in [5, 5.41) is 21.2. The quantitative estimate of drug-likeness (QED) is 0.513. The number of carbonyl (C=O) groups is 3. The highest BCUT2D eigenvalue weighted by molar-refractivity contribution is 5.91. The van der Waals surface area contributed by atoms with Crippen molar-refractivity contribution in [3.05, 3.63) is 0 Å². The highest BCUT2D eigenvalue weighted by Gasteiger charge is 2.42. The number of amides is 1. The van der Waals surface area contributed by atoms with Gasteiger partial charge in [-0.1, -0.05) is 13.8 Å². The van der Waals surface area contributed by atoms with E-state index in [0.717, 1.165) is 0 Å². The van der Waals surface area contributed by atoms with E-state index in [1.165, 1.54) is 0 Å². The summed E-state index contributed by atoms with van der Waals surface area (Å²) >= 11 is 0. The Morgan fingerprint density at radius 1 is 1.16 bits per heavy atom. The van der Waals surface area contributed by atoms with E-state index in [2.05, 4.69) is 5.32 Å². The third-order valence-electron chi connectivity index (χ3n) is 2.29. The highest BCUT2D eigenvalue weighted by atomic mass is 16.5. The lowest BCUT2D eigenvalue weighted by Crippen LogP contribution is -2.46. The predicted octanol–water partition coefficient (Wildman–Crippen LogP) is 0.0617. The molecule has 1 unspecified atom stereocenters. The van der Waals surface area contributed by atoms with Gasteiger partial charge >= 0.3 is 11.9 Å². The van der Waals surface area contributed by atoms with Gasteiger partial charge in [-0.3, -0.25) is 9.59 Å². The van der Waals surface area contributed by atoms with Crippen molar-refractivity contribution in [3.63, 3.8) is 0 Å². The number of hydrogen-bond donors (Lipinski definition) is 3. The minimum atomic E-state index is -2.32. The van der Waals surface area contributed by atoms with Crippen molar-refractivity contribution in [1.29, 1.82) is 0 Å². The van der Waals surface area contributed by atoms with Gasteiger partial charge in [-0.05, 0) is 12.8 Å². The number of aliphatic carboxylic acids is 1. The molecule has 0 bridgehead atoms. The van der Waals surface area contributed by atoms with Gasteiger partial charge in [-0.25, -0.2) is 4.79 Å². The van der Waals surface area contributed by atoms with Gasteiger partial charge in [-0.2, -0.15) is 0 Å². The fraction of sp³-hybridized carbons (Fsp3) is 0.750. The molecule has 0 rings (SSSR count). The Hall–Kier alpha value is -1.63. The predicted molar refractivity (Wildman–Crippen MR) is 66.4 cm³/mol. The molecule has 0 aliphatic carbocycles. The summed E-state index contributed by atoms with van der Waals surface area (Å²) in [5.74, 6) is -3.04. The van der Waals surface area contributed by atoms with E-state index in [9.17, 15) is 19.5 Å². The molecule has 0 aliphatic rings. The first-order chi connectivity index (χ1) is 8.85. The maximum Gasteiger partial charge on any atom is 0.339 e. The topological polar surface area (TPSA) is 113 Å². The molecule has 110 valence electrons. The van der Waals surface area contributed by atoms with E-state index in [1.54, 1.807) is 6.92 Å². The van der Waals surface area contributed by atoms with Gasteiger partial charge in [0.1, 0.15) is 0 Å². The summed E-state index contributed by atoms with van der Waals surface area (Å²) in [6.45, 7) is 4.07. The Balaban J connectivity index is 4.71. The molecule has 19 heavy (non-hydrogen) atoms. The Bertz CT molecular complexity index is 330. The fourth-order valence-corrected chi connectivity index (χ4v) is 1.38. The molecule has 3 N–H and O–H groups in total. The molecule has 0 saturated heterocycles. The minimum Gasteiger partial charge on any atom is -0.481 e. The molecular formula is C12H21NO6. The van der Waals surface area contributed by atoms with Crippen LogP contribution in [0.2, 0.25) is 0 Å². The van der Waals surface area contributed by atoms with E-state index in [0.29, 0.717) is 19.4 Å². The van der Waals surface area contributed by atoms with Crippen LogP contribution in [0.15, 0.2) is 0 Å². The van der Waals surface area contributed by atoms with Gasteiger partial charge < -0.3 is 20.3 Å². The van der Waals surface area contributed by atoms with Gasteiger partial charge in [-0.15, -0.1) is 0 Å². The number of hydrogen-bond acceptors (Lipinski definition) is 5. The minimum absolute atomic E-state index is 0.0668. The number of ether oxygens (including phenoxy) is 1. The molecule has 0 aliphatic heterocycles. The van der Waals surface area contributed by atoms with E-state index >= 15 is 0 Å². The summed E-state index contributed by atoms with van der Waals surface area (Å²) in [4.78, 5) is 33.8. The normalized spacial score (nSPS) is 13.4. The monoisotopic (exact) mass is 275 g/mol. The van der Waals surface area contributed by atoms with Crippen molar-refractivity contribution in [2.45, 2.75) is 45.1 Å². The first-order valence-corrected chi connectivity index (χ1v) is 6.23. The third kappa shape index (κ3) is 6.76. The van der Waals surface area contributed by atoms with E-state index in [-0.39, 0.29) is 6.61 Å². The van der Waals surface area contributed by atoms with Crippen LogP contribution in [-0.2, 0) is 19.1 Å². The average molecular weight is 275 g/mol. The number of carboxylic acid groups (broad SMARTS) is 1. The number of esters is 1. The van der Waals surface area contributed by atoms with Crippen LogP contribution in [0.3, 0.4) is 0 Å². The molecule has 0 radical (unpaired) electrons. The second kappa shape index (κ2) is 8.47. The maximum atomic E-state index is 11.7. The lowest BCUT2D eigenvalue weighted by Gasteiger charge is -2.23. The van der Waals surface area contributed by atoms with Crippen LogP contribution in [0.5, 0.6) is 0 Å². The number of carbonyl (C=O) groups excluding carboxylic acids is 2. The summed E-state index contributed by atoms with van der Waals surface area (Å²) in [7, 11) is 0. The Labute approximate surface area is 111 Å². The molecular weight excluding hydrogens is 254 g/mol. The number of rotatable bonds is 9. The SMILES string of the molecule is CCCNC(=O)CC(O)(CC(=O)O)C(=O)OCCC. The molecule has 1 atom stereocenters. The second-order valence-corrected chi connectivity index (χ2v) is 4.26. The smallest absolute Gasteiger partial charge is 0.339 e. The Kier molecular flexibility index (Phi) is 7.74. The van der Waals surface area contributed by atoms with Crippen molar-refractivity contribution in [3.8, 4) is 0 Å². The molecule has 0 fully saturated rings. The first kappa shape index (κ1) is 17.4. The van der Waals surface area contributed by atoms with Crippen LogP contribution in [-0.4, -0.2) is 46.8 Å². The largest absolute Gasteiger partial charge is 0.481 e. The van der Waals surface area contributed by atoms with Crippen molar-refractivity contribution in [1.82, 2.24) is 5.32 Å². The standard InChI is InChI=1S/C12H21NO6/c1-3-5-13-9(14)7-12(18,8-10(15)16)11(17)19-6-4-2/h18H,3-8H2,1-2H3,(H,13,14)(H,15,16). The van der Waals surface area contributed by atoms with Crippen LogP contribution in [0.25, 0.3) is 0 Å². The van der Waals surface area contributed by atoms with Crippen molar-refractivity contribution >= 4 is 17.8 Å². The first-order valence-electron chi connectivity index (χ1n) is 6.23. The molecule has 0 spiro atoms. The molecule has 7 heteroatoms. The second-order valence-electron chi connectivity index (χ2n) is 4.26. The van der Waals surface area contributed by atoms with Crippen LogP contribution in [0, 0.1) is 0 Å². The van der Waals surface area contributed by atoms with Crippen molar-refractivity contribution < 1.29 is 29.3 Å². The Morgan fingerprint density at radius 2 is 1.79 bits per heavy atom. The molecule has 0 aromatic heterocycles. The van der Waals surface area contributed by atoms with Gasteiger partial charge in [0.05, 0.1) is 19.4 Å². The fourth-order valence-electron chi connectivity index (χ4n) is 1.38. The highest BCUT2D eigenvalue weighted by Crippen LogP contribution is 2.18. The zero-order chi connectivity index (χ0) is 14.9. The van der Waals surface area contributed by atoms with Crippen LogP contribution in [0.4, 0.5) is 0 Å². The third-order valence-corrected chi connectivity index (χ3v) is 2.29. The van der Waals surface area contributed by atoms with Crippen molar-refractivity contribution in [2.75, 3.05) is 13.2 Å².